The fraction of sp³-hybridized carbons (Fsp3) is 1.00. The highest BCUT2D eigenvalue weighted by Gasteiger charge is 2.74. The molecule has 0 aliphatic carbocycles. The van der Waals surface area contributed by atoms with Gasteiger partial charge in [0, 0.05) is 0 Å². The fourth-order valence-corrected chi connectivity index (χ4v) is 0.779. The second kappa shape index (κ2) is 3.37. The van der Waals surface area contributed by atoms with Gasteiger partial charge in [0.15, 0.2) is 0 Å². The Kier molecular flexibility index (Phi) is 3.16. The second-order valence-corrected chi connectivity index (χ2v) is 2.54. The van der Waals surface area contributed by atoms with Crippen LogP contribution in [0, 0.1) is 0 Å². The summed E-state index contributed by atoms with van der Waals surface area (Å²) >= 11 is 0. The quantitative estimate of drug-likeness (QED) is 0.524. The molecular formula is C3F7NO2S. The summed E-state index contributed by atoms with van der Waals surface area (Å²) < 4.78 is 101. The summed E-state index contributed by atoms with van der Waals surface area (Å²) in [6.07, 6.45) is -13.0. The molecule has 11 heteroatoms. The summed E-state index contributed by atoms with van der Waals surface area (Å²) in [4.78, 5) is 0. The lowest BCUT2D eigenvalue weighted by molar-refractivity contribution is -0.337. The van der Waals surface area contributed by atoms with Crippen molar-refractivity contribution in [2.45, 2.75) is 18.1 Å². The lowest BCUT2D eigenvalue weighted by Gasteiger charge is -2.23. The van der Waals surface area contributed by atoms with E-state index in [1.165, 1.54) is 0 Å². The maximum atomic E-state index is 12.2. The molecule has 0 aromatic rings. The van der Waals surface area contributed by atoms with Gasteiger partial charge in [0.2, 0.25) is 0 Å². The molecule has 0 radical (unpaired) electrons. The third-order valence-corrected chi connectivity index (χ3v) is 1.35. The van der Waals surface area contributed by atoms with Crippen molar-refractivity contribution in [1.29, 1.82) is 0 Å². The Morgan fingerprint density at radius 3 is 1.14 bits per heavy atom. The zero-order chi connectivity index (χ0) is 11.8. The van der Waals surface area contributed by atoms with Crippen LogP contribution in [0.4, 0.5) is 30.7 Å². The molecule has 0 aromatic heterocycles. The van der Waals surface area contributed by atoms with E-state index in [2.05, 4.69) is 0 Å². The maximum Gasteiger partial charge on any atom is 0.454 e. The largest absolute Gasteiger partial charge is 0.454 e. The highest BCUT2D eigenvalue weighted by molar-refractivity contribution is 7.61. The minimum absolute atomic E-state index is 0.951. The molecule has 0 spiro atoms. The standard InChI is InChI=1S/C3F7NO2S/c4-1(2(5,6)7,3(8,9)10)11-14(12)13. The first-order chi connectivity index (χ1) is 5.92. The van der Waals surface area contributed by atoms with Gasteiger partial charge in [-0.05, 0) is 0 Å². The summed E-state index contributed by atoms with van der Waals surface area (Å²) in [6.45, 7) is 0. The van der Waals surface area contributed by atoms with Crippen LogP contribution in [0.15, 0.2) is 4.36 Å². The van der Waals surface area contributed by atoms with Crippen molar-refractivity contribution in [2.24, 2.45) is 4.36 Å². The van der Waals surface area contributed by atoms with E-state index in [1.54, 1.807) is 0 Å². The van der Waals surface area contributed by atoms with Gasteiger partial charge in [-0.3, -0.25) is 0 Å². The first kappa shape index (κ1) is 13.1. The van der Waals surface area contributed by atoms with E-state index in [4.69, 9.17) is 0 Å². The van der Waals surface area contributed by atoms with E-state index in [9.17, 15) is 39.2 Å². The van der Waals surface area contributed by atoms with Gasteiger partial charge in [-0.2, -0.15) is 39.2 Å². The highest BCUT2D eigenvalue weighted by atomic mass is 32.2. The summed E-state index contributed by atoms with van der Waals surface area (Å²) in [5.41, 5.74) is 0. The zero-order valence-electron chi connectivity index (χ0n) is 5.82. The smallest absolute Gasteiger partial charge is 0.196 e. The average Bonchev–Trinajstić information content (AvgIpc) is 1.79. The Morgan fingerprint density at radius 1 is 0.786 bits per heavy atom. The van der Waals surface area contributed by atoms with Crippen molar-refractivity contribution in [3.05, 3.63) is 0 Å². The minimum Gasteiger partial charge on any atom is -0.196 e. The SMILES string of the molecule is O=S(=O)=NC(F)(C(F)(F)F)C(F)(F)F. The molecule has 0 rings (SSSR count). The summed E-state index contributed by atoms with van der Waals surface area (Å²) in [6, 6.07) is 0. The predicted molar refractivity (Wildman–Crippen MR) is 27.3 cm³/mol. The van der Waals surface area contributed by atoms with Gasteiger partial charge in [-0.25, -0.2) is 0 Å². The lowest BCUT2D eigenvalue weighted by Crippen LogP contribution is -2.51. The van der Waals surface area contributed by atoms with E-state index in [0.717, 1.165) is 4.36 Å². The third kappa shape index (κ3) is 2.33. The molecule has 0 aliphatic heterocycles. The van der Waals surface area contributed by atoms with Gasteiger partial charge in [0.25, 0.3) is 0 Å². The molecule has 0 atom stereocenters. The first-order valence-corrected chi connectivity index (χ1v) is 3.59. The normalized spacial score (nSPS) is 13.9. The van der Waals surface area contributed by atoms with Crippen molar-refractivity contribution >= 4 is 10.5 Å². The molecular weight excluding hydrogens is 247 g/mol. The molecule has 14 heavy (non-hydrogen) atoms. The zero-order valence-corrected chi connectivity index (χ0v) is 6.63. The van der Waals surface area contributed by atoms with Crippen LogP contribution in [0.1, 0.15) is 0 Å². The van der Waals surface area contributed by atoms with Gasteiger partial charge in [0.1, 0.15) is 0 Å². The number of alkyl halides is 7. The minimum atomic E-state index is -6.48. The molecule has 0 aliphatic rings. The first-order valence-electron chi connectivity index (χ1n) is 2.56. The second-order valence-electron chi connectivity index (χ2n) is 1.93. The summed E-state index contributed by atoms with van der Waals surface area (Å²) in [7, 11) is -4.17. The molecule has 0 fully saturated rings. The van der Waals surface area contributed by atoms with Gasteiger partial charge in [0.05, 0.1) is 0 Å². The van der Waals surface area contributed by atoms with Crippen LogP contribution in [0.2, 0.25) is 0 Å². The van der Waals surface area contributed by atoms with Gasteiger partial charge >= 0.3 is 28.6 Å². The Balaban J connectivity index is 5.65. The van der Waals surface area contributed by atoms with Crippen molar-refractivity contribution in [1.82, 2.24) is 0 Å². The molecule has 0 heterocycles. The highest BCUT2D eigenvalue weighted by Crippen LogP contribution is 2.46. The topological polar surface area (TPSA) is 46.5 Å². The molecule has 0 aromatic carbocycles. The number of hydrogen-bond donors (Lipinski definition) is 0. The van der Waals surface area contributed by atoms with Crippen molar-refractivity contribution in [3.8, 4) is 0 Å². The van der Waals surface area contributed by atoms with E-state index < -0.39 is 28.6 Å². The van der Waals surface area contributed by atoms with Gasteiger partial charge in [-0.1, -0.05) is 0 Å². The Labute approximate surface area is 73.2 Å². The predicted octanol–water partition coefficient (Wildman–Crippen LogP) is 1.84. The van der Waals surface area contributed by atoms with Crippen LogP contribution < -0.4 is 0 Å². The number of rotatable bonds is 1. The van der Waals surface area contributed by atoms with Crippen LogP contribution in [0.5, 0.6) is 0 Å². The van der Waals surface area contributed by atoms with Crippen molar-refractivity contribution in [3.63, 3.8) is 0 Å². The van der Waals surface area contributed by atoms with Crippen LogP contribution in [-0.2, 0) is 10.5 Å². The monoisotopic (exact) mass is 247 g/mol. The fourth-order valence-electron chi connectivity index (χ4n) is 0.367. The molecule has 0 unspecified atom stereocenters. The van der Waals surface area contributed by atoms with Crippen LogP contribution in [0.25, 0.3) is 0 Å². The molecule has 84 valence electrons. The van der Waals surface area contributed by atoms with Crippen LogP contribution in [0.3, 0.4) is 0 Å². The molecule has 0 saturated carbocycles. The van der Waals surface area contributed by atoms with E-state index >= 15 is 0 Å². The molecule has 3 nitrogen and oxygen atoms in total. The maximum absolute atomic E-state index is 12.2. The molecule has 0 saturated heterocycles. The summed E-state index contributed by atoms with van der Waals surface area (Å²) in [5.74, 6) is -6.09. The molecule has 0 N–H and O–H groups in total. The Hall–Kier alpha value is -0.870. The number of halogens is 7. The Morgan fingerprint density at radius 2 is 1.07 bits per heavy atom. The molecule has 0 amide bonds. The van der Waals surface area contributed by atoms with Gasteiger partial charge in [-0.15, -0.1) is 4.36 Å². The molecule has 0 bridgehead atoms. The third-order valence-electron chi connectivity index (χ3n) is 0.952. The van der Waals surface area contributed by atoms with Crippen LogP contribution >= 0.6 is 0 Å². The van der Waals surface area contributed by atoms with Gasteiger partial charge < -0.3 is 0 Å². The van der Waals surface area contributed by atoms with E-state index in [0.29, 0.717) is 0 Å². The van der Waals surface area contributed by atoms with E-state index in [-0.39, 0.29) is 0 Å². The van der Waals surface area contributed by atoms with Crippen LogP contribution in [-0.4, -0.2) is 26.6 Å². The van der Waals surface area contributed by atoms with Crippen molar-refractivity contribution < 1.29 is 39.2 Å². The number of nitrogens with zero attached hydrogens (tertiary/aromatic N) is 1. The van der Waals surface area contributed by atoms with Crippen molar-refractivity contribution in [2.75, 3.05) is 0 Å². The van der Waals surface area contributed by atoms with E-state index in [1.807, 2.05) is 0 Å². The summed E-state index contributed by atoms with van der Waals surface area (Å²) in [5, 5.41) is 0. The number of hydrogen-bond acceptors (Lipinski definition) is 3. The average molecular weight is 247 g/mol. The lowest BCUT2D eigenvalue weighted by atomic mass is 10.2. The Bertz CT molecular complexity index is 315.